The first kappa shape index (κ1) is 15.5. The van der Waals surface area contributed by atoms with Gasteiger partial charge >= 0.3 is 5.63 Å². The first-order chi connectivity index (χ1) is 10.5. The van der Waals surface area contributed by atoms with Crippen molar-refractivity contribution >= 4 is 38.2 Å². The Morgan fingerprint density at radius 3 is 2.77 bits per heavy atom. The molecular weight excluding hydrogens is 362 g/mol. The maximum Gasteiger partial charge on any atom is 0.336 e. The number of hydrogen-bond acceptors (Lipinski definition) is 4. The van der Waals surface area contributed by atoms with Gasteiger partial charge in [0, 0.05) is 33.9 Å². The molecule has 3 aromatic rings. The Kier molecular flexibility index (Phi) is 4.47. The van der Waals surface area contributed by atoms with Crippen LogP contribution in [0.2, 0.25) is 0 Å². The minimum atomic E-state index is -0.304. The molecule has 0 atom stereocenters. The van der Waals surface area contributed by atoms with Crippen molar-refractivity contribution in [2.45, 2.75) is 20.0 Å². The fourth-order valence-corrected chi connectivity index (χ4v) is 3.82. The molecule has 0 N–H and O–H groups in total. The zero-order chi connectivity index (χ0) is 15.7. The highest BCUT2D eigenvalue weighted by atomic mass is 79.9. The minimum Gasteiger partial charge on any atom is -0.423 e. The molecule has 1 aromatic carbocycles. The number of halogens is 1. The van der Waals surface area contributed by atoms with Crippen LogP contribution in [-0.2, 0) is 13.1 Å². The van der Waals surface area contributed by atoms with Crippen molar-refractivity contribution in [3.8, 4) is 0 Å². The van der Waals surface area contributed by atoms with E-state index in [2.05, 4.69) is 46.2 Å². The van der Waals surface area contributed by atoms with Crippen LogP contribution in [0.1, 0.15) is 16.0 Å². The average Bonchev–Trinajstić information content (AvgIpc) is 2.83. The number of aryl methyl sites for hydroxylation is 1. The number of hydrogen-bond donors (Lipinski definition) is 0. The van der Waals surface area contributed by atoms with Gasteiger partial charge in [-0.2, -0.15) is 0 Å². The summed E-state index contributed by atoms with van der Waals surface area (Å²) < 4.78 is 6.19. The third kappa shape index (κ3) is 3.32. The predicted octanol–water partition coefficient (Wildman–Crippen LogP) is 4.56. The quantitative estimate of drug-likeness (QED) is 0.625. The van der Waals surface area contributed by atoms with E-state index in [4.69, 9.17) is 4.42 Å². The first-order valence-corrected chi connectivity index (χ1v) is 8.64. The zero-order valence-corrected chi connectivity index (χ0v) is 14.8. The van der Waals surface area contributed by atoms with Crippen molar-refractivity contribution in [1.82, 2.24) is 4.90 Å². The second kappa shape index (κ2) is 6.36. The fourth-order valence-electron chi connectivity index (χ4n) is 2.49. The molecule has 2 aromatic heterocycles. The largest absolute Gasteiger partial charge is 0.423 e. The lowest BCUT2D eigenvalue weighted by atomic mass is 10.1. The number of benzene rings is 1. The number of fused-ring (bicyclic) bond motifs is 1. The van der Waals surface area contributed by atoms with Gasteiger partial charge < -0.3 is 4.42 Å². The fraction of sp³-hybridized carbons (Fsp3) is 0.235. The molecule has 0 amide bonds. The van der Waals surface area contributed by atoms with Crippen LogP contribution in [0.3, 0.4) is 0 Å². The lowest BCUT2D eigenvalue weighted by Gasteiger charge is -2.17. The van der Waals surface area contributed by atoms with E-state index in [1.165, 1.54) is 10.4 Å². The maximum absolute atomic E-state index is 11.8. The van der Waals surface area contributed by atoms with Gasteiger partial charge in [0.25, 0.3) is 0 Å². The maximum atomic E-state index is 11.8. The van der Waals surface area contributed by atoms with Crippen LogP contribution in [0.25, 0.3) is 11.0 Å². The summed E-state index contributed by atoms with van der Waals surface area (Å²) in [5.74, 6) is 0. The van der Waals surface area contributed by atoms with Crippen molar-refractivity contribution in [3.63, 3.8) is 0 Å². The Hall–Kier alpha value is -1.43. The van der Waals surface area contributed by atoms with Gasteiger partial charge in [0.05, 0.1) is 0 Å². The Labute approximate surface area is 141 Å². The molecule has 0 saturated heterocycles. The van der Waals surface area contributed by atoms with Crippen molar-refractivity contribution in [1.29, 1.82) is 0 Å². The molecule has 0 spiro atoms. The second-order valence-electron chi connectivity index (χ2n) is 5.43. The molecule has 2 heterocycles. The van der Waals surface area contributed by atoms with Gasteiger partial charge in [0.2, 0.25) is 0 Å². The average molecular weight is 378 g/mol. The highest BCUT2D eigenvalue weighted by Gasteiger charge is 2.10. The summed E-state index contributed by atoms with van der Waals surface area (Å²) in [7, 11) is 2.07. The number of thiophene rings is 1. The van der Waals surface area contributed by atoms with Crippen LogP contribution < -0.4 is 5.63 Å². The molecule has 3 rings (SSSR count). The molecule has 0 aliphatic heterocycles. The molecule has 0 aliphatic rings. The molecule has 0 fully saturated rings. The summed E-state index contributed by atoms with van der Waals surface area (Å²) in [6.07, 6.45) is 0. The molecule has 114 valence electrons. The highest BCUT2D eigenvalue weighted by molar-refractivity contribution is 9.10. The molecular formula is C17H16BrNO2S. The Morgan fingerprint density at radius 2 is 2.05 bits per heavy atom. The second-order valence-corrected chi connectivity index (χ2v) is 7.35. The van der Waals surface area contributed by atoms with Crippen LogP contribution >= 0.6 is 27.3 Å². The van der Waals surface area contributed by atoms with Gasteiger partial charge in [-0.3, -0.25) is 4.90 Å². The molecule has 0 unspecified atom stereocenters. The molecule has 0 radical (unpaired) electrons. The molecule has 22 heavy (non-hydrogen) atoms. The minimum absolute atomic E-state index is 0.304. The molecule has 0 bridgehead atoms. The smallest absolute Gasteiger partial charge is 0.336 e. The van der Waals surface area contributed by atoms with Crippen LogP contribution in [-0.4, -0.2) is 11.9 Å². The van der Waals surface area contributed by atoms with E-state index in [1.54, 1.807) is 17.4 Å². The van der Waals surface area contributed by atoms with Crippen molar-refractivity contribution in [2.24, 2.45) is 0 Å². The summed E-state index contributed by atoms with van der Waals surface area (Å²) >= 11 is 5.18. The van der Waals surface area contributed by atoms with E-state index >= 15 is 0 Å². The van der Waals surface area contributed by atoms with Crippen molar-refractivity contribution < 1.29 is 4.42 Å². The van der Waals surface area contributed by atoms with E-state index in [9.17, 15) is 4.79 Å². The highest BCUT2D eigenvalue weighted by Crippen LogP contribution is 2.23. The molecule has 3 nitrogen and oxygen atoms in total. The summed E-state index contributed by atoms with van der Waals surface area (Å²) in [5.41, 5.74) is 2.63. The Morgan fingerprint density at radius 1 is 1.23 bits per heavy atom. The summed E-state index contributed by atoms with van der Waals surface area (Å²) in [6, 6.07) is 9.52. The van der Waals surface area contributed by atoms with E-state index in [-0.39, 0.29) is 5.63 Å². The van der Waals surface area contributed by atoms with E-state index < -0.39 is 0 Å². The van der Waals surface area contributed by atoms with Gasteiger partial charge in [-0.15, -0.1) is 11.3 Å². The van der Waals surface area contributed by atoms with E-state index in [0.717, 1.165) is 22.0 Å². The standard InChI is InChI=1S/C17H16BrNO2S/c1-11-5-6-22-16(11)10-19(2)9-12-7-17(20)21-15-8-13(18)3-4-14(12)15/h3-8H,9-10H2,1-2H3. The van der Waals surface area contributed by atoms with Crippen LogP contribution in [0.5, 0.6) is 0 Å². The number of rotatable bonds is 4. The summed E-state index contributed by atoms with van der Waals surface area (Å²) in [6.45, 7) is 3.71. The van der Waals surface area contributed by atoms with Gasteiger partial charge in [-0.1, -0.05) is 15.9 Å². The van der Waals surface area contributed by atoms with Gasteiger partial charge in [0.1, 0.15) is 5.58 Å². The van der Waals surface area contributed by atoms with Crippen LogP contribution in [0, 0.1) is 6.92 Å². The normalized spacial score (nSPS) is 11.5. The lowest BCUT2D eigenvalue weighted by Crippen LogP contribution is -2.18. The first-order valence-electron chi connectivity index (χ1n) is 6.97. The Bertz CT molecular complexity index is 868. The third-order valence-electron chi connectivity index (χ3n) is 3.61. The van der Waals surface area contributed by atoms with Crippen LogP contribution in [0.15, 0.2) is 49.4 Å². The summed E-state index contributed by atoms with van der Waals surface area (Å²) in [5, 5.41) is 3.10. The van der Waals surface area contributed by atoms with E-state index in [1.807, 2.05) is 18.2 Å². The molecule has 0 saturated carbocycles. The topological polar surface area (TPSA) is 33.5 Å². The monoisotopic (exact) mass is 377 g/mol. The van der Waals surface area contributed by atoms with Gasteiger partial charge in [0.15, 0.2) is 0 Å². The lowest BCUT2D eigenvalue weighted by molar-refractivity contribution is 0.321. The number of nitrogens with zero attached hydrogens (tertiary/aromatic N) is 1. The van der Waals surface area contributed by atoms with Gasteiger partial charge in [-0.05, 0) is 54.7 Å². The summed E-state index contributed by atoms with van der Waals surface area (Å²) in [4.78, 5) is 15.3. The van der Waals surface area contributed by atoms with E-state index in [0.29, 0.717) is 12.1 Å². The predicted molar refractivity (Wildman–Crippen MR) is 94.4 cm³/mol. The Balaban J connectivity index is 1.90. The SMILES string of the molecule is Cc1ccsc1CN(C)Cc1cc(=O)oc2cc(Br)ccc12. The van der Waals surface area contributed by atoms with Crippen LogP contribution in [0.4, 0.5) is 0 Å². The van der Waals surface area contributed by atoms with Crippen molar-refractivity contribution in [2.75, 3.05) is 7.05 Å². The molecule has 5 heteroatoms. The van der Waals surface area contributed by atoms with Crippen molar-refractivity contribution in [3.05, 3.63) is 66.6 Å². The third-order valence-corrected chi connectivity index (χ3v) is 5.12. The molecule has 0 aliphatic carbocycles. The zero-order valence-electron chi connectivity index (χ0n) is 12.4. The van der Waals surface area contributed by atoms with Gasteiger partial charge in [-0.25, -0.2) is 4.79 Å².